The number of carboxylic acid groups (broad SMARTS) is 1. The first-order valence-electron chi connectivity index (χ1n) is 6.83. The van der Waals surface area contributed by atoms with Crippen molar-refractivity contribution >= 4 is 56.3 Å². The van der Waals surface area contributed by atoms with Gasteiger partial charge in [-0.2, -0.15) is 0 Å². The molecule has 0 saturated heterocycles. The zero-order chi connectivity index (χ0) is 17.1. The van der Waals surface area contributed by atoms with Crippen molar-refractivity contribution in [3.8, 4) is 11.8 Å². The molecule has 120 valence electrons. The third-order valence-electron chi connectivity index (χ3n) is 3.07. The standard InChI is InChI=1S/C17H10BrClN2O2S/c18-12-5-2-10(3-6-12)1-4-11-7-14-15(8-13(11)19)21-17(20-14)24-9-16(22)23/h2-3,5-8H,9H2,(H,20,21)(H,22,23). The monoisotopic (exact) mass is 420 g/mol. The molecule has 0 radical (unpaired) electrons. The molecule has 0 saturated carbocycles. The third kappa shape index (κ3) is 4.12. The highest BCUT2D eigenvalue weighted by Crippen LogP contribution is 2.25. The molecule has 0 aliphatic heterocycles. The van der Waals surface area contributed by atoms with E-state index in [2.05, 4.69) is 37.7 Å². The Balaban J connectivity index is 1.90. The van der Waals surface area contributed by atoms with Crippen molar-refractivity contribution in [3.05, 3.63) is 57.0 Å². The first-order valence-corrected chi connectivity index (χ1v) is 8.98. The van der Waals surface area contributed by atoms with Crippen molar-refractivity contribution in [3.63, 3.8) is 0 Å². The molecular formula is C17H10BrClN2O2S. The van der Waals surface area contributed by atoms with Crippen molar-refractivity contribution in [2.75, 3.05) is 5.75 Å². The minimum absolute atomic E-state index is 0.0518. The number of aromatic amines is 1. The average molecular weight is 422 g/mol. The number of carbonyl (C=O) groups is 1. The zero-order valence-corrected chi connectivity index (χ0v) is 15.3. The summed E-state index contributed by atoms with van der Waals surface area (Å²) in [6.45, 7) is 0. The van der Waals surface area contributed by atoms with Crippen molar-refractivity contribution in [2.45, 2.75) is 5.16 Å². The summed E-state index contributed by atoms with van der Waals surface area (Å²) in [6, 6.07) is 11.2. The summed E-state index contributed by atoms with van der Waals surface area (Å²) in [5, 5.41) is 9.78. The third-order valence-corrected chi connectivity index (χ3v) is 4.77. The molecule has 0 amide bonds. The fourth-order valence-electron chi connectivity index (χ4n) is 1.97. The molecule has 2 aromatic carbocycles. The molecule has 1 aromatic heterocycles. The highest BCUT2D eigenvalue weighted by atomic mass is 79.9. The SMILES string of the molecule is O=C(O)CSc1nc2cc(Cl)c(C#Cc3ccc(Br)cc3)cc2[nH]1. The quantitative estimate of drug-likeness (QED) is 0.481. The minimum Gasteiger partial charge on any atom is -0.481 e. The van der Waals surface area contributed by atoms with Gasteiger partial charge in [0.2, 0.25) is 0 Å². The van der Waals surface area contributed by atoms with Crippen molar-refractivity contribution < 1.29 is 9.90 Å². The molecule has 0 bridgehead atoms. The summed E-state index contributed by atoms with van der Waals surface area (Å²) < 4.78 is 0.997. The van der Waals surface area contributed by atoms with E-state index in [9.17, 15) is 4.79 Å². The van der Waals surface area contributed by atoms with E-state index in [1.54, 1.807) is 6.07 Å². The Hall–Kier alpha value is -1.94. The smallest absolute Gasteiger partial charge is 0.313 e. The summed E-state index contributed by atoms with van der Waals surface area (Å²) in [5.74, 6) is 5.18. The molecule has 0 aliphatic rings. The van der Waals surface area contributed by atoms with E-state index in [-0.39, 0.29) is 5.75 Å². The van der Waals surface area contributed by atoms with Crippen molar-refractivity contribution in [1.82, 2.24) is 9.97 Å². The summed E-state index contributed by atoms with van der Waals surface area (Å²) in [5.41, 5.74) is 3.02. The Kier molecular flexibility index (Phi) is 5.14. The lowest BCUT2D eigenvalue weighted by Gasteiger charge is -1.96. The fourth-order valence-corrected chi connectivity index (χ4v) is 3.05. The van der Waals surface area contributed by atoms with Gasteiger partial charge in [-0.1, -0.05) is 51.1 Å². The van der Waals surface area contributed by atoms with Crippen LogP contribution < -0.4 is 0 Å². The number of H-pyrrole nitrogens is 1. The number of hydrogen-bond donors (Lipinski definition) is 2. The topological polar surface area (TPSA) is 66.0 Å². The van der Waals surface area contributed by atoms with Gasteiger partial charge >= 0.3 is 5.97 Å². The fraction of sp³-hybridized carbons (Fsp3) is 0.0588. The molecule has 24 heavy (non-hydrogen) atoms. The molecule has 1 heterocycles. The van der Waals surface area contributed by atoms with Gasteiger partial charge in [0.05, 0.1) is 21.8 Å². The normalized spacial score (nSPS) is 10.4. The van der Waals surface area contributed by atoms with E-state index in [1.165, 1.54) is 0 Å². The molecular weight excluding hydrogens is 412 g/mol. The molecule has 0 spiro atoms. The number of rotatable bonds is 3. The van der Waals surface area contributed by atoms with Crippen LogP contribution in [-0.2, 0) is 4.79 Å². The van der Waals surface area contributed by atoms with Gasteiger partial charge < -0.3 is 10.1 Å². The first-order chi connectivity index (χ1) is 11.5. The van der Waals surface area contributed by atoms with Gasteiger partial charge in [0.1, 0.15) is 0 Å². The van der Waals surface area contributed by atoms with Crippen LogP contribution in [0.5, 0.6) is 0 Å². The Morgan fingerprint density at radius 3 is 2.75 bits per heavy atom. The summed E-state index contributed by atoms with van der Waals surface area (Å²) in [7, 11) is 0. The van der Waals surface area contributed by atoms with Gasteiger partial charge in [-0.15, -0.1) is 0 Å². The molecule has 0 aliphatic carbocycles. The van der Waals surface area contributed by atoms with Gasteiger partial charge in [-0.05, 0) is 36.4 Å². The van der Waals surface area contributed by atoms with Gasteiger partial charge in [-0.3, -0.25) is 4.79 Å². The number of carboxylic acids is 1. The van der Waals surface area contributed by atoms with E-state index in [0.717, 1.165) is 27.3 Å². The lowest BCUT2D eigenvalue weighted by molar-refractivity contribution is -0.133. The maximum atomic E-state index is 10.6. The van der Waals surface area contributed by atoms with E-state index < -0.39 is 5.97 Å². The van der Waals surface area contributed by atoms with Crippen LogP contribution in [0.15, 0.2) is 46.0 Å². The predicted octanol–water partition coefficient (Wildman–Crippen LogP) is 4.56. The second kappa shape index (κ2) is 7.31. The number of fused-ring (bicyclic) bond motifs is 1. The first kappa shape index (κ1) is 16.9. The number of nitrogens with zero attached hydrogens (tertiary/aromatic N) is 1. The van der Waals surface area contributed by atoms with E-state index in [1.807, 2.05) is 30.3 Å². The van der Waals surface area contributed by atoms with Crippen LogP contribution in [0, 0.1) is 11.8 Å². The molecule has 0 fully saturated rings. The average Bonchev–Trinajstić information content (AvgIpc) is 2.94. The highest BCUT2D eigenvalue weighted by Gasteiger charge is 2.08. The second-order valence-corrected chi connectivity index (χ2v) is 7.12. The number of aromatic nitrogens is 2. The van der Waals surface area contributed by atoms with Gasteiger partial charge in [0.15, 0.2) is 5.16 Å². The van der Waals surface area contributed by atoms with Crippen LogP contribution in [0.2, 0.25) is 5.02 Å². The number of hydrogen-bond acceptors (Lipinski definition) is 3. The van der Waals surface area contributed by atoms with Crippen molar-refractivity contribution in [2.24, 2.45) is 0 Å². The Bertz CT molecular complexity index is 974. The van der Waals surface area contributed by atoms with Crippen LogP contribution in [-0.4, -0.2) is 26.8 Å². The summed E-state index contributed by atoms with van der Waals surface area (Å²) >= 11 is 10.8. The van der Waals surface area contributed by atoms with Crippen LogP contribution in [0.4, 0.5) is 0 Å². The molecule has 3 aromatic rings. The number of halogens is 2. The van der Waals surface area contributed by atoms with E-state index in [4.69, 9.17) is 16.7 Å². The molecule has 0 atom stereocenters. The number of aliphatic carboxylic acids is 1. The van der Waals surface area contributed by atoms with E-state index in [0.29, 0.717) is 21.3 Å². The van der Waals surface area contributed by atoms with Crippen LogP contribution in [0.3, 0.4) is 0 Å². The maximum absolute atomic E-state index is 10.6. The lowest BCUT2D eigenvalue weighted by atomic mass is 10.1. The second-order valence-electron chi connectivity index (χ2n) is 4.83. The predicted molar refractivity (Wildman–Crippen MR) is 99.6 cm³/mol. The number of imidazole rings is 1. The van der Waals surface area contributed by atoms with E-state index >= 15 is 0 Å². The van der Waals surface area contributed by atoms with Gasteiger partial charge in [0, 0.05) is 15.6 Å². The molecule has 0 unspecified atom stereocenters. The molecule has 3 rings (SSSR count). The summed E-state index contributed by atoms with van der Waals surface area (Å²) in [4.78, 5) is 18.0. The molecule has 4 nitrogen and oxygen atoms in total. The highest BCUT2D eigenvalue weighted by molar-refractivity contribution is 9.10. The maximum Gasteiger partial charge on any atom is 0.313 e. The Morgan fingerprint density at radius 2 is 2.04 bits per heavy atom. The number of benzene rings is 2. The number of thioether (sulfide) groups is 1. The van der Waals surface area contributed by atoms with Gasteiger partial charge in [-0.25, -0.2) is 4.98 Å². The minimum atomic E-state index is -0.889. The van der Waals surface area contributed by atoms with Gasteiger partial charge in [0.25, 0.3) is 0 Å². The Labute approximate surface area is 155 Å². The summed E-state index contributed by atoms with van der Waals surface area (Å²) in [6.07, 6.45) is 0. The lowest BCUT2D eigenvalue weighted by Crippen LogP contribution is -1.97. The molecule has 2 N–H and O–H groups in total. The van der Waals surface area contributed by atoms with Crippen LogP contribution >= 0.6 is 39.3 Å². The van der Waals surface area contributed by atoms with Crippen molar-refractivity contribution in [1.29, 1.82) is 0 Å². The van der Waals surface area contributed by atoms with Crippen LogP contribution in [0.1, 0.15) is 11.1 Å². The zero-order valence-electron chi connectivity index (χ0n) is 12.1. The molecule has 7 heteroatoms. The van der Waals surface area contributed by atoms with Crippen LogP contribution in [0.25, 0.3) is 11.0 Å². The number of nitrogens with one attached hydrogen (secondary N) is 1. The Morgan fingerprint density at radius 1 is 1.29 bits per heavy atom. The largest absolute Gasteiger partial charge is 0.481 e.